The number of nitrogens with zero attached hydrogens (tertiary/aromatic N) is 1. The number of carbonyl (C=O) groups excluding carboxylic acids is 1. The Hall–Kier alpha value is -3.07. The van der Waals surface area contributed by atoms with Crippen LogP contribution in [0.2, 0.25) is 0 Å². The molecule has 0 fully saturated rings. The first-order valence-electron chi connectivity index (χ1n) is 8.77. The second-order valence-electron chi connectivity index (χ2n) is 6.26. The lowest BCUT2D eigenvalue weighted by Crippen LogP contribution is -2.19. The van der Waals surface area contributed by atoms with Gasteiger partial charge >= 0.3 is 0 Å². The molecule has 0 saturated heterocycles. The fraction of sp³-hybridized carbons (Fsp3) is 0.0476. The summed E-state index contributed by atoms with van der Waals surface area (Å²) in [5, 5.41) is 3.69. The Balaban J connectivity index is 1.60. The van der Waals surface area contributed by atoms with Crippen molar-refractivity contribution < 1.29 is 13.2 Å². The van der Waals surface area contributed by atoms with Gasteiger partial charge in [0.25, 0.3) is 5.91 Å². The minimum Gasteiger partial charge on any atom is -0.322 e. The van der Waals surface area contributed by atoms with Crippen molar-refractivity contribution in [1.82, 2.24) is 9.71 Å². The lowest BCUT2D eigenvalue weighted by molar-refractivity contribution is 0.102. The fourth-order valence-electron chi connectivity index (χ4n) is 2.85. The molecule has 4 aromatic rings. The molecule has 8 heteroatoms. The van der Waals surface area contributed by atoms with E-state index in [1.54, 1.807) is 23.5 Å². The number of anilines is 1. The van der Waals surface area contributed by atoms with E-state index in [1.807, 2.05) is 42.5 Å². The van der Waals surface area contributed by atoms with Gasteiger partial charge in [0.05, 0.1) is 15.1 Å². The minimum absolute atomic E-state index is 0.0378. The molecule has 0 saturated carbocycles. The summed E-state index contributed by atoms with van der Waals surface area (Å²) in [4.78, 5) is 17.3. The maximum Gasteiger partial charge on any atom is 0.255 e. The highest BCUT2D eigenvalue weighted by Crippen LogP contribution is 2.31. The number of sulfonamides is 1. The van der Waals surface area contributed by atoms with Crippen LogP contribution in [-0.4, -0.2) is 26.4 Å². The molecule has 6 nitrogen and oxygen atoms in total. The van der Waals surface area contributed by atoms with Crippen LogP contribution in [-0.2, 0) is 10.0 Å². The van der Waals surface area contributed by atoms with Gasteiger partial charge in [-0.2, -0.15) is 0 Å². The van der Waals surface area contributed by atoms with Gasteiger partial charge in [-0.05, 0) is 49.5 Å². The van der Waals surface area contributed by atoms with Gasteiger partial charge in [0, 0.05) is 16.8 Å². The summed E-state index contributed by atoms with van der Waals surface area (Å²) in [6.45, 7) is 0. The molecule has 0 bridgehead atoms. The van der Waals surface area contributed by atoms with Crippen molar-refractivity contribution in [1.29, 1.82) is 0 Å². The number of benzene rings is 3. The smallest absolute Gasteiger partial charge is 0.255 e. The maximum absolute atomic E-state index is 12.6. The number of rotatable bonds is 5. The maximum atomic E-state index is 12.6. The highest BCUT2D eigenvalue weighted by Gasteiger charge is 2.15. The Labute approximate surface area is 172 Å². The predicted octanol–water partition coefficient (Wildman–Crippen LogP) is 4.12. The Morgan fingerprint density at radius 1 is 0.966 bits per heavy atom. The molecule has 29 heavy (non-hydrogen) atoms. The lowest BCUT2D eigenvalue weighted by atomic mass is 10.2. The lowest BCUT2D eigenvalue weighted by Gasteiger charge is -2.08. The quantitative estimate of drug-likeness (QED) is 0.505. The van der Waals surface area contributed by atoms with E-state index in [2.05, 4.69) is 15.0 Å². The van der Waals surface area contributed by atoms with Crippen molar-refractivity contribution >= 4 is 43.2 Å². The number of para-hydroxylation sites is 1. The predicted molar refractivity (Wildman–Crippen MR) is 116 cm³/mol. The highest BCUT2D eigenvalue weighted by molar-refractivity contribution is 7.89. The Kier molecular flexibility index (Phi) is 5.14. The average Bonchev–Trinajstić information content (AvgIpc) is 3.18. The normalized spacial score (nSPS) is 11.5. The zero-order valence-electron chi connectivity index (χ0n) is 15.4. The molecule has 0 aliphatic rings. The third-order valence-electron chi connectivity index (χ3n) is 4.34. The molecule has 0 radical (unpaired) electrons. The van der Waals surface area contributed by atoms with E-state index in [1.165, 1.54) is 25.2 Å². The molecule has 0 aliphatic carbocycles. The van der Waals surface area contributed by atoms with Crippen LogP contribution in [0.5, 0.6) is 0 Å². The van der Waals surface area contributed by atoms with E-state index in [0.29, 0.717) is 5.69 Å². The van der Waals surface area contributed by atoms with Crippen molar-refractivity contribution in [2.75, 3.05) is 12.4 Å². The summed E-state index contributed by atoms with van der Waals surface area (Å²) in [6.07, 6.45) is 0. The number of thiazole rings is 1. The fourth-order valence-corrected chi connectivity index (χ4v) is 4.59. The average molecular weight is 424 g/mol. The topological polar surface area (TPSA) is 88.2 Å². The third kappa shape index (κ3) is 4.04. The zero-order chi connectivity index (χ0) is 20.4. The summed E-state index contributed by atoms with van der Waals surface area (Å²) >= 11 is 1.58. The number of hydrogen-bond acceptors (Lipinski definition) is 5. The second kappa shape index (κ2) is 7.75. The summed E-state index contributed by atoms with van der Waals surface area (Å²) in [7, 11) is -2.29. The first kappa shape index (κ1) is 19.3. The molecule has 0 unspecified atom stereocenters. The Morgan fingerprint density at radius 2 is 1.76 bits per heavy atom. The van der Waals surface area contributed by atoms with Crippen LogP contribution in [0.4, 0.5) is 5.69 Å². The number of amides is 1. The molecule has 0 spiro atoms. The molecule has 146 valence electrons. The van der Waals surface area contributed by atoms with Gasteiger partial charge in [0.15, 0.2) is 0 Å². The van der Waals surface area contributed by atoms with E-state index in [4.69, 9.17) is 0 Å². The molecule has 2 N–H and O–H groups in total. The zero-order valence-corrected chi connectivity index (χ0v) is 17.0. The number of aromatic nitrogens is 1. The molecule has 1 heterocycles. The van der Waals surface area contributed by atoms with E-state index in [-0.39, 0.29) is 16.4 Å². The van der Waals surface area contributed by atoms with E-state index < -0.39 is 10.0 Å². The van der Waals surface area contributed by atoms with Crippen molar-refractivity contribution in [3.05, 3.63) is 78.4 Å². The molecule has 3 aromatic carbocycles. The molecule has 4 rings (SSSR count). The van der Waals surface area contributed by atoms with Crippen LogP contribution in [0.25, 0.3) is 20.8 Å². The Morgan fingerprint density at radius 3 is 2.55 bits per heavy atom. The van der Waals surface area contributed by atoms with Gasteiger partial charge in [-0.25, -0.2) is 18.1 Å². The summed E-state index contributed by atoms with van der Waals surface area (Å²) in [6, 6.07) is 21.2. The van der Waals surface area contributed by atoms with Gasteiger partial charge in [0.2, 0.25) is 10.0 Å². The molecular formula is C21H17N3O3S2. The molecular weight excluding hydrogens is 406 g/mol. The van der Waals surface area contributed by atoms with E-state index in [0.717, 1.165) is 20.8 Å². The highest BCUT2D eigenvalue weighted by atomic mass is 32.2. The van der Waals surface area contributed by atoms with Gasteiger partial charge < -0.3 is 5.32 Å². The van der Waals surface area contributed by atoms with Crippen molar-refractivity contribution in [3.8, 4) is 10.6 Å². The van der Waals surface area contributed by atoms with Gasteiger partial charge in [-0.1, -0.05) is 30.3 Å². The number of carbonyl (C=O) groups is 1. The number of fused-ring (bicyclic) bond motifs is 1. The van der Waals surface area contributed by atoms with Gasteiger partial charge in [0.1, 0.15) is 5.01 Å². The third-order valence-corrected chi connectivity index (χ3v) is 6.83. The summed E-state index contributed by atoms with van der Waals surface area (Å²) in [5.41, 5.74) is 2.69. The van der Waals surface area contributed by atoms with Crippen LogP contribution in [0.1, 0.15) is 10.4 Å². The van der Waals surface area contributed by atoms with E-state index >= 15 is 0 Å². The number of hydrogen-bond donors (Lipinski definition) is 2. The summed E-state index contributed by atoms with van der Waals surface area (Å²) < 4.78 is 27.3. The first-order chi connectivity index (χ1) is 14.0. The van der Waals surface area contributed by atoms with Crippen LogP contribution in [0.3, 0.4) is 0 Å². The Bertz CT molecular complexity index is 1280. The second-order valence-corrected chi connectivity index (χ2v) is 9.17. The van der Waals surface area contributed by atoms with Gasteiger partial charge in [-0.15, -0.1) is 11.3 Å². The monoisotopic (exact) mass is 423 g/mol. The molecule has 0 atom stereocenters. The van der Waals surface area contributed by atoms with Crippen molar-refractivity contribution in [3.63, 3.8) is 0 Å². The van der Waals surface area contributed by atoms with Crippen LogP contribution < -0.4 is 10.0 Å². The molecule has 1 aromatic heterocycles. The van der Waals surface area contributed by atoms with Gasteiger partial charge in [-0.3, -0.25) is 4.79 Å². The van der Waals surface area contributed by atoms with E-state index in [9.17, 15) is 13.2 Å². The van der Waals surface area contributed by atoms with Crippen LogP contribution >= 0.6 is 11.3 Å². The first-order valence-corrected chi connectivity index (χ1v) is 11.1. The SMILES string of the molecule is CNS(=O)(=O)c1cccc(C(=O)Nc2cccc(-c3nc4ccccc4s3)c2)c1. The molecule has 0 aliphatic heterocycles. The number of nitrogens with one attached hydrogen (secondary N) is 2. The molecule has 1 amide bonds. The summed E-state index contributed by atoms with van der Waals surface area (Å²) in [5.74, 6) is -0.389. The van der Waals surface area contributed by atoms with Crippen molar-refractivity contribution in [2.45, 2.75) is 4.90 Å². The van der Waals surface area contributed by atoms with Crippen LogP contribution in [0.15, 0.2) is 77.7 Å². The van der Waals surface area contributed by atoms with Crippen molar-refractivity contribution in [2.24, 2.45) is 0 Å². The largest absolute Gasteiger partial charge is 0.322 e. The van der Waals surface area contributed by atoms with Crippen LogP contribution in [0, 0.1) is 0 Å². The standard InChI is InChI=1S/C21H17N3O3S2/c1-22-29(26,27)17-9-5-6-14(13-17)20(25)23-16-8-4-7-15(12-16)21-24-18-10-2-3-11-19(18)28-21/h2-13,22H,1H3,(H,23,25). The minimum atomic E-state index is -3.62.